The Balaban J connectivity index is 2.20. The first-order chi connectivity index (χ1) is 8.22. The molecule has 90 valence electrons. The minimum atomic E-state index is -0.544. The fourth-order valence-electron chi connectivity index (χ4n) is 1.90. The number of carbonyl (C=O) groups excluding carboxylic acids is 1. The van der Waals surface area contributed by atoms with Gasteiger partial charge in [-0.05, 0) is 19.3 Å². The van der Waals surface area contributed by atoms with Gasteiger partial charge in [-0.1, -0.05) is 0 Å². The van der Waals surface area contributed by atoms with Gasteiger partial charge in [-0.2, -0.15) is 0 Å². The van der Waals surface area contributed by atoms with Crippen LogP contribution in [0.25, 0.3) is 0 Å². The molecular weight excluding hydrogens is 224 g/mol. The van der Waals surface area contributed by atoms with E-state index in [0.29, 0.717) is 12.5 Å². The molecule has 1 saturated heterocycles. The monoisotopic (exact) mass is 236 g/mol. The molecule has 2 heterocycles. The first-order valence-corrected chi connectivity index (χ1v) is 5.41. The van der Waals surface area contributed by atoms with Gasteiger partial charge in [0.05, 0.1) is 11.0 Å². The second-order valence-corrected chi connectivity index (χ2v) is 3.89. The maximum Gasteiger partial charge on any atom is 0.305 e. The fourth-order valence-corrected chi connectivity index (χ4v) is 1.90. The van der Waals surface area contributed by atoms with Crippen molar-refractivity contribution < 1.29 is 9.72 Å². The van der Waals surface area contributed by atoms with Crippen molar-refractivity contribution in [3.63, 3.8) is 0 Å². The zero-order chi connectivity index (χ0) is 12.3. The van der Waals surface area contributed by atoms with Crippen molar-refractivity contribution in [3.8, 4) is 0 Å². The molecule has 0 aromatic carbocycles. The van der Waals surface area contributed by atoms with Gasteiger partial charge in [-0.25, -0.2) is 9.97 Å². The van der Waals surface area contributed by atoms with Crippen molar-refractivity contribution >= 4 is 17.9 Å². The van der Waals surface area contributed by atoms with Gasteiger partial charge in [-0.15, -0.1) is 0 Å². The Hall–Kier alpha value is -2.05. The Bertz CT molecular complexity index is 420. The van der Waals surface area contributed by atoms with Gasteiger partial charge in [0, 0.05) is 6.54 Å². The van der Waals surface area contributed by atoms with E-state index in [1.807, 2.05) is 0 Å². The van der Waals surface area contributed by atoms with Crippen LogP contribution in [0.1, 0.15) is 19.3 Å². The highest BCUT2D eigenvalue weighted by atomic mass is 16.6. The lowest BCUT2D eigenvalue weighted by Gasteiger charge is -2.31. The van der Waals surface area contributed by atoms with Crippen molar-refractivity contribution in [1.29, 1.82) is 0 Å². The van der Waals surface area contributed by atoms with E-state index >= 15 is 0 Å². The molecule has 0 spiro atoms. The Morgan fingerprint density at radius 2 is 2.12 bits per heavy atom. The van der Waals surface area contributed by atoms with Crippen molar-refractivity contribution in [2.45, 2.75) is 25.3 Å². The molecule has 1 aromatic rings. The molecule has 1 unspecified atom stereocenters. The lowest BCUT2D eigenvalue weighted by atomic mass is 10.0. The van der Waals surface area contributed by atoms with E-state index in [-0.39, 0.29) is 11.7 Å². The summed E-state index contributed by atoms with van der Waals surface area (Å²) in [5, 5.41) is 10.5. The van der Waals surface area contributed by atoms with Crippen molar-refractivity contribution in [2.24, 2.45) is 0 Å². The van der Waals surface area contributed by atoms with Crippen molar-refractivity contribution in [3.05, 3.63) is 22.5 Å². The number of aromatic nitrogens is 2. The lowest BCUT2D eigenvalue weighted by molar-refractivity contribution is -0.385. The van der Waals surface area contributed by atoms with Gasteiger partial charge in [0.1, 0.15) is 18.7 Å². The molecule has 17 heavy (non-hydrogen) atoms. The second-order valence-electron chi connectivity index (χ2n) is 3.89. The molecule has 1 aliphatic heterocycles. The van der Waals surface area contributed by atoms with Crippen LogP contribution in [-0.2, 0) is 4.79 Å². The number of hydrogen-bond donors (Lipinski definition) is 0. The number of rotatable bonds is 3. The van der Waals surface area contributed by atoms with Crippen LogP contribution in [0.2, 0.25) is 0 Å². The van der Waals surface area contributed by atoms with Gasteiger partial charge >= 0.3 is 5.69 Å². The van der Waals surface area contributed by atoms with Gasteiger partial charge in [0.25, 0.3) is 0 Å². The van der Waals surface area contributed by atoms with Crippen LogP contribution in [0.3, 0.4) is 0 Å². The smallest absolute Gasteiger partial charge is 0.305 e. The number of piperidine rings is 1. The second kappa shape index (κ2) is 4.86. The van der Waals surface area contributed by atoms with E-state index in [1.54, 1.807) is 4.90 Å². The van der Waals surface area contributed by atoms with E-state index in [0.717, 1.165) is 25.5 Å². The molecule has 7 nitrogen and oxygen atoms in total. The topological polar surface area (TPSA) is 89.2 Å². The molecule has 0 radical (unpaired) electrons. The van der Waals surface area contributed by atoms with Gasteiger partial charge in [0.15, 0.2) is 0 Å². The van der Waals surface area contributed by atoms with Crippen molar-refractivity contribution in [1.82, 2.24) is 9.97 Å². The van der Waals surface area contributed by atoms with Crippen LogP contribution < -0.4 is 4.90 Å². The Morgan fingerprint density at radius 3 is 2.71 bits per heavy atom. The molecule has 0 aliphatic carbocycles. The van der Waals surface area contributed by atoms with Crippen LogP contribution in [0, 0.1) is 10.1 Å². The zero-order valence-electron chi connectivity index (χ0n) is 9.15. The Morgan fingerprint density at radius 1 is 1.41 bits per heavy atom. The summed E-state index contributed by atoms with van der Waals surface area (Å²) in [4.78, 5) is 30.5. The van der Waals surface area contributed by atoms with E-state index in [2.05, 4.69) is 9.97 Å². The summed E-state index contributed by atoms with van der Waals surface area (Å²) in [7, 11) is 0. The van der Waals surface area contributed by atoms with E-state index in [9.17, 15) is 14.9 Å². The van der Waals surface area contributed by atoms with Gasteiger partial charge < -0.3 is 9.69 Å². The summed E-state index contributed by atoms with van der Waals surface area (Å²) < 4.78 is 0. The summed E-state index contributed by atoms with van der Waals surface area (Å²) in [6, 6.07) is -0.217. The van der Waals surface area contributed by atoms with Crippen molar-refractivity contribution in [2.75, 3.05) is 11.4 Å². The molecule has 1 fully saturated rings. The summed E-state index contributed by atoms with van der Waals surface area (Å²) >= 11 is 0. The molecule has 0 saturated carbocycles. The molecule has 0 amide bonds. The predicted molar refractivity (Wildman–Crippen MR) is 59.7 cm³/mol. The standard InChI is InChI=1S/C10H12N4O3/c15-7-8-3-1-2-4-13(8)10-11-5-9(6-12-10)14(16)17/h5-8H,1-4H2. The Labute approximate surface area is 97.6 Å². The molecule has 7 heteroatoms. The number of aldehydes is 1. The minimum absolute atomic E-state index is 0.145. The fraction of sp³-hybridized carbons (Fsp3) is 0.500. The first-order valence-electron chi connectivity index (χ1n) is 5.41. The maximum atomic E-state index is 10.9. The molecule has 2 rings (SSSR count). The number of hydrogen-bond acceptors (Lipinski definition) is 6. The Kier molecular flexibility index (Phi) is 3.27. The zero-order valence-corrected chi connectivity index (χ0v) is 9.15. The minimum Gasteiger partial charge on any atom is -0.331 e. The summed E-state index contributed by atoms with van der Waals surface area (Å²) in [5.41, 5.74) is -0.145. The normalized spacial score (nSPS) is 20.0. The summed E-state index contributed by atoms with van der Waals surface area (Å²) in [5.74, 6) is 0.382. The highest BCUT2D eigenvalue weighted by Gasteiger charge is 2.24. The third-order valence-electron chi connectivity index (χ3n) is 2.80. The molecular formula is C10H12N4O3. The average Bonchev–Trinajstić information content (AvgIpc) is 2.39. The quantitative estimate of drug-likeness (QED) is 0.441. The van der Waals surface area contributed by atoms with Crippen LogP contribution in [0.5, 0.6) is 0 Å². The number of carbonyl (C=O) groups is 1. The van der Waals surface area contributed by atoms with Crippen LogP contribution in [-0.4, -0.2) is 33.8 Å². The van der Waals surface area contributed by atoms with Gasteiger partial charge in [0.2, 0.25) is 5.95 Å². The predicted octanol–water partition coefficient (Wildman–Crippen LogP) is 0.943. The van der Waals surface area contributed by atoms with E-state index in [4.69, 9.17) is 0 Å². The summed E-state index contributed by atoms with van der Waals surface area (Å²) in [6.45, 7) is 0.710. The molecule has 1 aromatic heterocycles. The highest BCUT2D eigenvalue weighted by Crippen LogP contribution is 2.21. The number of nitro groups is 1. The average molecular weight is 236 g/mol. The van der Waals surface area contributed by atoms with Crippen LogP contribution in [0.15, 0.2) is 12.4 Å². The molecule has 0 N–H and O–H groups in total. The first kappa shape index (κ1) is 11.4. The lowest BCUT2D eigenvalue weighted by Crippen LogP contribution is -2.41. The van der Waals surface area contributed by atoms with Crippen LogP contribution in [0.4, 0.5) is 11.6 Å². The van der Waals surface area contributed by atoms with Crippen LogP contribution >= 0.6 is 0 Å². The largest absolute Gasteiger partial charge is 0.331 e. The molecule has 1 aliphatic rings. The molecule has 0 bridgehead atoms. The number of nitrogens with zero attached hydrogens (tertiary/aromatic N) is 4. The van der Waals surface area contributed by atoms with E-state index < -0.39 is 4.92 Å². The highest BCUT2D eigenvalue weighted by molar-refractivity contribution is 5.64. The van der Waals surface area contributed by atoms with E-state index in [1.165, 1.54) is 12.4 Å². The molecule has 1 atom stereocenters. The summed E-state index contributed by atoms with van der Waals surface area (Å²) in [6.07, 6.45) is 5.98. The maximum absolute atomic E-state index is 10.9. The third kappa shape index (κ3) is 2.38. The third-order valence-corrected chi connectivity index (χ3v) is 2.80. The number of anilines is 1. The van der Waals surface area contributed by atoms with Gasteiger partial charge in [-0.3, -0.25) is 10.1 Å². The SMILES string of the molecule is O=CC1CCCCN1c1ncc([N+](=O)[O-])cn1.